The summed E-state index contributed by atoms with van der Waals surface area (Å²) in [6.07, 6.45) is 0.468. The first kappa shape index (κ1) is 21.0. The molecule has 6 nitrogen and oxygen atoms in total. The quantitative estimate of drug-likeness (QED) is 0.637. The van der Waals surface area contributed by atoms with Crippen molar-refractivity contribution in [1.82, 2.24) is 14.8 Å². The number of rotatable bonds is 5. The summed E-state index contributed by atoms with van der Waals surface area (Å²) in [7, 11) is 1.40. The van der Waals surface area contributed by atoms with Gasteiger partial charge in [-0.05, 0) is 37.3 Å². The first-order valence-corrected chi connectivity index (χ1v) is 10.0. The third kappa shape index (κ3) is 4.03. The monoisotopic (exact) mass is 427 g/mol. The predicted molar refractivity (Wildman–Crippen MR) is 113 cm³/mol. The minimum Gasteiger partial charge on any atom is -0.373 e. The fourth-order valence-electron chi connectivity index (χ4n) is 4.04. The minimum absolute atomic E-state index is 0.0861. The van der Waals surface area contributed by atoms with Crippen LogP contribution >= 0.6 is 0 Å². The van der Waals surface area contributed by atoms with Crippen LogP contribution in [0.15, 0.2) is 36.4 Å². The molecule has 1 aliphatic heterocycles. The van der Waals surface area contributed by atoms with Gasteiger partial charge in [-0.3, -0.25) is 9.59 Å². The van der Waals surface area contributed by atoms with Crippen LogP contribution in [0, 0.1) is 18.6 Å². The van der Waals surface area contributed by atoms with Crippen LogP contribution in [0.4, 0.5) is 8.78 Å². The molecule has 2 amide bonds. The van der Waals surface area contributed by atoms with Crippen molar-refractivity contribution in [3.63, 3.8) is 0 Å². The summed E-state index contributed by atoms with van der Waals surface area (Å²) in [6, 6.07) is 9.60. The van der Waals surface area contributed by atoms with E-state index in [1.54, 1.807) is 11.0 Å². The zero-order valence-electron chi connectivity index (χ0n) is 17.3. The van der Waals surface area contributed by atoms with Crippen LogP contribution < -0.4 is 5.32 Å². The molecule has 1 saturated heterocycles. The van der Waals surface area contributed by atoms with Crippen LogP contribution in [0.5, 0.6) is 0 Å². The van der Waals surface area contributed by atoms with Crippen molar-refractivity contribution in [1.29, 1.82) is 0 Å². The van der Waals surface area contributed by atoms with Gasteiger partial charge < -0.3 is 19.5 Å². The van der Waals surface area contributed by atoms with Crippen molar-refractivity contribution < 1.29 is 23.1 Å². The van der Waals surface area contributed by atoms with Crippen LogP contribution in [-0.4, -0.2) is 54.6 Å². The Morgan fingerprint density at radius 2 is 1.97 bits per heavy atom. The SMILES string of the molecule is CNC(=O)c1cc(F)c(-c2cc3cc(C)ccc3n2C[C@H]2CN(C=O)CCO2)c(F)c1. The molecule has 1 atom stereocenters. The molecule has 162 valence electrons. The molecule has 0 radical (unpaired) electrons. The third-order valence-electron chi connectivity index (χ3n) is 5.55. The smallest absolute Gasteiger partial charge is 0.251 e. The average Bonchev–Trinajstić information content (AvgIpc) is 3.09. The second-order valence-corrected chi connectivity index (χ2v) is 7.69. The van der Waals surface area contributed by atoms with Crippen molar-refractivity contribution in [2.45, 2.75) is 19.6 Å². The number of aromatic nitrogens is 1. The van der Waals surface area contributed by atoms with E-state index in [1.165, 1.54) is 7.05 Å². The van der Waals surface area contributed by atoms with E-state index in [9.17, 15) is 9.59 Å². The summed E-state index contributed by atoms with van der Waals surface area (Å²) in [4.78, 5) is 24.6. The number of morpholine rings is 1. The number of halogens is 2. The van der Waals surface area contributed by atoms with Crippen molar-refractivity contribution in [3.8, 4) is 11.3 Å². The number of nitrogens with one attached hydrogen (secondary N) is 1. The molecular formula is C23H23F2N3O3. The topological polar surface area (TPSA) is 63.6 Å². The highest BCUT2D eigenvalue weighted by atomic mass is 19.1. The van der Waals surface area contributed by atoms with Crippen LogP contribution in [-0.2, 0) is 16.1 Å². The summed E-state index contributed by atoms with van der Waals surface area (Å²) in [5, 5.41) is 3.21. The Morgan fingerprint density at radius 3 is 2.65 bits per heavy atom. The standard InChI is InChI=1S/C23H23F2N3O3/c1-14-3-4-20-15(7-14)10-21(28(20)12-17-11-27(13-29)5-6-31-17)22-18(24)8-16(9-19(22)25)23(30)26-2/h3-4,7-10,13,17H,5-6,11-12H2,1-2H3,(H,26,30)/t17-/m1/s1. The first-order chi connectivity index (χ1) is 14.9. The maximum absolute atomic E-state index is 15.1. The lowest BCUT2D eigenvalue weighted by Crippen LogP contribution is -2.43. The largest absolute Gasteiger partial charge is 0.373 e. The lowest BCUT2D eigenvalue weighted by molar-refractivity contribution is -0.125. The number of aryl methyl sites for hydroxylation is 1. The van der Waals surface area contributed by atoms with E-state index in [4.69, 9.17) is 4.74 Å². The lowest BCUT2D eigenvalue weighted by atomic mass is 10.1. The van der Waals surface area contributed by atoms with Crippen molar-refractivity contribution in [2.24, 2.45) is 0 Å². The maximum Gasteiger partial charge on any atom is 0.251 e. The highest BCUT2D eigenvalue weighted by molar-refractivity contribution is 5.95. The number of hydrogen-bond donors (Lipinski definition) is 1. The van der Waals surface area contributed by atoms with E-state index < -0.39 is 17.5 Å². The number of amides is 2. The van der Waals surface area contributed by atoms with Gasteiger partial charge in [-0.15, -0.1) is 0 Å². The molecule has 0 saturated carbocycles. The molecule has 1 aromatic heterocycles. The number of carbonyl (C=O) groups is 2. The lowest BCUT2D eigenvalue weighted by Gasteiger charge is -2.31. The fourth-order valence-corrected chi connectivity index (χ4v) is 4.04. The number of benzene rings is 2. The molecule has 0 bridgehead atoms. The summed E-state index contributed by atoms with van der Waals surface area (Å²) in [6.45, 7) is 3.59. The normalized spacial score (nSPS) is 16.5. The van der Waals surface area contributed by atoms with Crippen LogP contribution in [0.25, 0.3) is 22.2 Å². The van der Waals surface area contributed by atoms with Gasteiger partial charge in [0.05, 0.1) is 30.5 Å². The Morgan fingerprint density at radius 1 is 1.23 bits per heavy atom. The van der Waals surface area contributed by atoms with Crippen LogP contribution in [0.3, 0.4) is 0 Å². The molecule has 1 fully saturated rings. The molecule has 0 aliphatic carbocycles. The second kappa shape index (κ2) is 8.47. The van der Waals surface area contributed by atoms with Crippen LogP contribution in [0.2, 0.25) is 0 Å². The van der Waals surface area contributed by atoms with E-state index in [2.05, 4.69) is 5.32 Å². The molecule has 0 spiro atoms. The van der Waals surface area contributed by atoms with Gasteiger partial charge in [0.1, 0.15) is 11.6 Å². The molecule has 2 aromatic carbocycles. The fraction of sp³-hybridized carbons (Fsp3) is 0.304. The van der Waals surface area contributed by atoms with Gasteiger partial charge in [-0.1, -0.05) is 11.6 Å². The van der Waals surface area contributed by atoms with Gasteiger partial charge in [-0.2, -0.15) is 0 Å². The molecule has 8 heteroatoms. The van der Waals surface area contributed by atoms with Gasteiger partial charge in [0.25, 0.3) is 5.91 Å². The molecule has 0 unspecified atom stereocenters. The first-order valence-electron chi connectivity index (χ1n) is 10.0. The minimum atomic E-state index is -0.821. The zero-order chi connectivity index (χ0) is 22.1. The zero-order valence-corrected chi connectivity index (χ0v) is 17.3. The maximum atomic E-state index is 15.1. The van der Waals surface area contributed by atoms with Crippen molar-refractivity contribution in [2.75, 3.05) is 26.7 Å². The van der Waals surface area contributed by atoms with Gasteiger partial charge in [0.2, 0.25) is 6.41 Å². The second-order valence-electron chi connectivity index (χ2n) is 7.69. The number of carbonyl (C=O) groups excluding carboxylic acids is 2. The Balaban J connectivity index is 1.83. The van der Waals surface area contributed by atoms with E-state index in [-0.39, 0.29) is 17.2 Å². The molecule has 4 rings (SSSR count). The van der Waals surface area contributed by atoms with Gasteiger partial charge in [0.15, 0.2) is 0 Å². The third-order valence-corrected chi connectivity index (χ3v) is 5.55. The van der Waals surface area contributed by atoms with Gasteiger partial charge in [0, 0.05) is 36.6 Å². The average molecular weight is 427 g/mol. The Labute approximate surface area is 178 Å². The Bertz CT molecular complexity index is 1140. The molecule has 1 N–H and O–H groups in total. The van der Waals surface area contributed by atoms with Gasteiger partial charge >= 0.3 is 0 Å². The molecular weight excluding hydrogens is 404 g/mol. The van der Waals surface area contributed by atoms with Crippen molar-refractivity contribution in [3.05, 3.63) is 59.2 Å². The van der Waals surface area contributed by atoms with E-state index in [0.717, 1.165) is 35.0 Å². The van der Waals surface area contributed by atoms with Crippen molar-refractivity contribution >= 4 is 23.2 Å². The number of hydrogen-bond acceptors (Lipinski definition) is 3. The Hall–Kier alpha value is -3.26. The number of nitrogens with zero attached hydrogens (tertiary/aromatic N) is 2. The summed E-state index contributed by atoms with van der Waals surface area (Å²) >= 11 is 0. The van der Waals surface area contributed by atoms with Crippen LogP contribution in [0.1, 0.15) is 15.9 Å². The number of fused-ring (bicyclic) bond motifs is 1. The van der Waals surface area contributed by atoms with E-state index >= 15 is 8.78 Å². The molecule has 2 heterocycles. The van der Waals surface area contributed by atoms with E-state index in [0.29, 0.717) is 31.9 Å². The predicted octanol–water partition coefficient (Wildman–Crippen LogP) is 3.11. The highest BCUT2D eigenvalue weighted by Gasteiger charge is 2.25. The molecule has 31 heavy (non-hydrogen) atoms. The summed E-state index contributed by atoms with van der Waals surface area (Å²) < 4.78 is 37.7. The Kier molecular flexibility index (Phi) is 5.73. The summed E-state index contributed by atoms with van der Waals surface area (Å²) in [5.41, 5.74) is 1.89. The summed E-state index contributed by atoms with van der Waals surface area (Å²) in [5.74, 6) is -2.21. The highest BCUT2D eigenvalue weighted by Crippen LogP contribution is 2.33. The molecule has 3 aromatic rings. The van der Waals surface area contributed by atoms with E-state index in [1.807, 2.05) is 29.7 Å². The van der Waals surface area contributed by atoms with Gasteiger partial charge in [-0.25, -0.2) is 8.78 Å². The number of ether oxygens (including phenoxy) is 1. The molecule has 1 aliphatic rings.